The molecule has 1 saturated heterocycles. The Hall–Kier alpha value is -3.68. The number of fused-ring (bicyclic) bond motifs is 1. The van der Waals surface area contributed by atoms with Gasteiger partial charge in [-0.2, -0.15) is 0 Å². The molecule has 2 aliphatic heterocycles. The molecule has 0 saturated carbocycles. The first-order chi connectivity index (χ1) is 14.5. The first-order valence-corrected chi connectivity index (χ1v) is 9.69. The lowest BCUT2D eigenvalue weighted by atomic mass is 10.1. The van der Waals surface area contributed by atoms with E-state index in [4.69, 9.17) is 4.74 Å². The summed E-state index contributed by atoms with van der Waals surface area (Å²) in [6.45, 7) is 0.0712. The highest BCUT2D eigenvalue weighted by Crippen LogP contribution is 2.29. The minimum absolute atomic E-state index is 0.0643. The number of carbonyl (C=O) groups is 4. The number of hydrogen-bond acceptors (Lipinski definition) is 5. The van der Waals surface area contributed by atoms with Gasteiger partial charge >= 0.3 is 5.97 Å². The molecule has 2 heterocycles. The van der Waals surface area contributed by atoms with Crippen molar-refractivity contribution in [1.29, 1.82) is 0 Å². The maximum Gasteiger partial charge on any atom is 0.311 e. The molecule has 2 aromatic rings. The number of para-hydroxylation sites is 2. The van der Waals surface area contributed by atoms with Gasteiger partial charge in [0, 0.05) is 19.5 Å². The lowest BCUT2D eigenvalue weighted by Crippen LogP contribution is -2.44. The smallest absolute Gasteiger partial charge is 0.311 e. The molecular formula is C22H21N3O5. The van der Waals surface area contributed by atoms with Crippen LogP contribution in [0.4, 0.5) is 11.4 Å². The Kier molecular flexibility index (Phi) is 5.47. The fourth-order valence-corrected chi connectivity index (χ4v) is 3.67. The van der Waals surface area contributed by atoms with Crippen molar-refractivity contribution < 1.29 is 23.9 Å². The third kappa shape index (κ3) is 4.17. The summed E-state index contributed by atoms with van der Waals surface area (Å²) in [5.74, 6) is -2.11. The number of nitrogens with one attached hydrogen (secondary N) is 1. The molecule has 30 heavy (non-hydrogen) atoms. The van der Waals surface area contributed by atoms with Crippen LogP contribution in [0.3, 0.4) is 0 Å². The van der Waals surface area contributed by atoms with E-state index in [-0.39, 0.29) is 31.3 Å². The second-order valence-electron chi connectivity index (χ2n) is 7.31. The van der Waals surface area contributed by atoms with Crippen LogP contribution in [-0.4, -0.2) is 48.3 Å². The molecule has 0 radical (unpaired) electrons. The Morgan fingerprint density at radius 3 is 2.57 bits per heavy atom. The number of benzene rings is 2. The summed E-state index contributed by atoms with van der Waals surface area (Å²) in [6, 6.07) is 16.5. The summed E-state index contributed by atoms with van der Waals surface area (Å²) in [4.78, 5) is 52.0. The van der Waals surface area contributed by atoms with Crippen LogP contribution in [0.15, 0.2) is 54.6 Å². The van der Waals surface area contributed by atoms with E-state index in [1.807, 2.05) is 30.3 Å². The van der Waals surface area contributed by atoms with Gasteiger partial charge in [-0.25, -0.2) is 0 Å². The number of amides is 3. The molecule has 1 atom stereocenters. The van der Waals surface area contributed by atoms with Crippen LogP contribution in [0.5, 0.6) is 0 Å². The molecule has 4 rings (SSSR count). The Balaban J connectivity index is 1.33. The topological polar surface area (TPSA) is 96.0 Å². The van der Waals surface area contributed by atoms with Crippen molar-refractivity contribution in [3.05, 3.63) is 60.2 Å². The summed E-state index contributed by atoms with van der Waals surface area (Å²) >= 11 is 0. The second kappa shape index (κ2) is 8.36. The number of likely N-dealkylation sites (tertiary alicyclic amines) is 1. The van der Waals surface area contributed by atoms with Crippen molar-refractivity contribution >= 4 is 35.1 Å². The normalized spacial score (nSPS) is 18.1. The number of rotatable bonds is 5. The van der Waals surface area contributed by atoms with Crippen LogP contribution in [0.1, 0.15) is 12.0 Å². The van der Waals surface area contributed by atoms with Crippen LogP contribution in [0, 0.1) is 5.92 Å². The van der Waals surface area contributed by atoms with Crippen LogP contribution >= 0.6 is 0 Å². The van der Waals surface area contributed by atoms with Crippen molar-refractivity contribution in [2.24, 2.45) is 5.92 Å². The predicted molar refractivity (Wildman–Crippen MR) is 108 cm³/mol. The van der Waals surface area contributed by atoms with E-state index in [2.05, 4.69) is 5.32 Å². The van der Waals surface area contributed by atoms with E-state index in [0.29, 0.717) is 17.9 Å². The van der Waals surface area contributed by atoms with Gasteiger partial charge < -0.3 is 15.0 Å². The van der Waals surface area contributed by atoms with Gasteiger partial charge in [-0.15, -0.1) is 0 Å². The predicted octanol–water partition coefficient (Wildman–Crippen LogP) is 1.56. The highest BCUT2D eigenvalue weighted by Gasteiger charge is 2.36. The lowest BCUT2D eigenvalue weighted by molar-refractivity contribution is -0.151. The van der Waals surface area contributed by atoms with E-state index >= 15 is 0 Å². The Morgan fingerprint density at radius 2 is 1.77 bits per heavy atom. The van der Waals surface area contributed by atoms with Gasteiger partial charge in [0.2, 0.25) is 11.8 Å². The van der Waals surface area contributed by atoms with Gasteiger partial charge in [0.05, 0.1) is 17.3 Å². The third-order valence-electron chi connectivity index (χ3n) is 5.17. The molecule has 0 spiro atoms. The Bertz CT molecular complexity index is 991. The van der Waals surface area contributed by atoms with Gasteiger partial charge in [0.1, 0.15) is 6.54 Å². The average molecular weight is 407 g/mol. The van der Waals surface area contributed by atoms with Crippen molar-refractivity contribution in [2.45, 2.75) is 13.0 Å². The molecule has 2 aliphatic rings. The number of esters is 1. The van der Waals surface area contributed by atoms with Gasteiger partial charge in [-0.1, -0.05) is 42.5 Å². The maximum atomic E-state index is 12.6. The molecule has 1 fully saturated rings. The summed E-state index contributed by atoms with van der Waals surface area (Å²) in [7, 11) is 0. The molecule has 0 aliphatic carbocycles. The number of nitrogens with zero attached hydrogens (tertiary/aromatic N) is 2. The van der Waals surface area contributed by atoms with Crippen molar-refractivity contribution in [3.8, 4) is 0 Å². The quantitative estimate of drug-likeness (QED) is 0.759. The monoisotopic (exact) mass is 407 g/mol. The fraction of sp³-hybridized carbons (Fsp3) is 0.273. The van der Waals surface area contributed by atoms with E-state index in [1.165, 1.54) is 4.90 Å². The first kappa shape index (κ1) is 19.6. The summed E-state index contributed by atoms with van der Waals surface area (Å²) in [5, 5.41) is 2.70. The van der Waals surface area contributed by atoms with Crippen molar-refractivity contribution in [1.82, 2.24) is 4.90 Å². The molecule has 1 N–H and O–H groups in total. The highest BCUT2D eigenvalue weighted by molar-refractivity contribution is 6.10. The van der Waals surface area contributed by atoms with E-state index in [0.717, 1.165) is 5.56 Å². The van der Waals surface area contributed by atoms with E-state index in [1.54, 1.807) is 29.2 Å². The van der Waals surface area contributed by atoms with Gasteiger partial charge in [-0.3, -0.25) is 24.1 Å². The molecule has 0 bridgehead atoms. The van der Waals surface area contributed by atoms with Gasteiger partial charge in [0.25, 0.3) is 5.91 Å². The molecule has 2 aromatic carbocycles. The van der Waals surface area contributed by atoms with Crippen molar-refractivity contribution in [2.75, 3.05) is 29.9 Å². The number of ether oxygens (including phenoxy) is 1. The second-order valence-corrected chi connectivity index (χ2v) is 7.31. The van der Waals surface area contributed by atoms with E-state index < -0.39 is 24.4 Å². The van der Waals surface area contributed by atoms with Crippen LogP contribution in [0.2, 0.25) is 0 Å². The van der Waals surface area contributed by atoms with Crippen LogP contribution in [0.25, 0.3) is 0 Å². The fourth-order valence-electron chi connectivity index (χ4n) is 3.67. The average Bonchev–Trinajstić information content (AvgIpc) is 3.12. The summed E-state index contributed by atoms with van der Waals surface area (Å²) in [6.07, 6.45) is 0.0643. The Morgan fingerprint density at radius 1 is 1.03 bits per heavy atom. The number of hydrogen-bond donors (Lipinski definition) is 1. The number of carbonyl (C=O) groups excluding carboxylic acids is 4. The van der Waals surface area contributed by atoms with Crippen molar-refractivity contribution in [3.63, 3.8) is 0 Å². The standard InChI is InChI=1S/C22H21N3O5/c26-19-13-25(18-9-5-4-8-17(18)23-19)21(28)14-30-22(29)16-10-20(27)24(12-16)11-15-6-2-1-3-7-15/h1-9,16H,10-14H2,(H,23,26)/t16-/m0/s1. The minimum Gasteiger partial charge on any atom is -0.455 e. The zero-order valence-electron chi connectivity index (χ0n) is 16.2. The molecule has 8 nitrogen and oxygen atoms in total. The molecule has 154 valence electrons. The first-order valence-electron chi connectivity index (χ1n) is 9.69. The van der Waals surface area contributed by atoms with Crippen LogP contribution in [-0.2, 0) is 30.5 Å². The molecule has 0 unspecified atom stereocenters. The zero-order chi connectivity index (χ0) is 21.1. The Labute approximate surface area is 173 Å². The SMILES string of the molecule is O=C1CN(C(=O)COC(=O)[C@H]2CC(=O)N(Cc3ccccc3)C2)c2ccccc2N1. The highest BCUT2D eigenvalue weighted by atomic mass is 16.5. The summed E-state index contributed by atoms with van der Waals surface area (Å²) in [5.41, 5.74) is 2.08. The van der Waals surface area contributed by atoms with Gasteiger partial charge in [0.15, 0.2) is 6.61 Å². The van der Waals surface area contributed by atoms with Gasteiger partial charge in [-0.05, 0) is 17.7 Å². The largest absolute Gasteiger partial charge is 0.455 e. The number of anilines is 2. The maximum absolute atomic E-state index is 12.6. The van der Waals surface area contributed by atoms with E-state index in [9.17, 15) is 19.2 Å². The molecule has 0 aromatic heterocycles. The zero-order valence-corrected chi connectivity index (χ0v) is 16.2. The van der Waals surface area contributed by atoms with Crippen LogP contribution < -0.4 is 10.2 Å². The minimum atomic E-state index is -0.606. The molecular weight excluding hydrogens is 386 g/mol. The lowest BCUT2D eigenvalue weighted by Gasteiger charge is -2.29. The summed E-state index contributed by atoms with van der Waals surface area (Å²) < 4.78 is 5.20. The molecule has 3 amide bonds. The molecule has 8 heteroatoms. The third-order valence-corrected chi connectivity index (χ3v) is 5.17.